The van der Waals surface area contributed by atoms with Gasteiger partial charge in [0.15, 0.2) is 0 Å². The third-order valence-electron chi connectivity index (χ3n) is 3.60. The van der Waals surface area contributed by atoms with Crippen LogP contribution in [0.15, 0.2) is 48.5 Å². The lowest BCUT2D eigenvalue weighted by Gasteiger charge is -2.12. The van der Waals surface area contributed by atoms with E-state index in [2.05, 4.69) is 52.6 Å². The van der Waals surface area contributed by atoms with Gasteiger partial charge in [0.1, 0.15) is 5.82 Å². The summed E-state index contributed by atoms with van der Waals surface area (Å²) < 4.78 is 0. The Labute approximate surface area is 146 Å². The average molecular weight is 339 g/mol. The van der Waals surface area contributed by atoms with Crippen molar-refractivity contribution in [3.8, 4) is 0 Å². The van der Waals surface area contributed by atoms with Crippen molar-refractivity contribution in [1.82, 2.24) is 9.97 Å². The quantitative estimate of drug-likeness (QED) is 0.655. The van der Waals surface area contributed by atoms with E-state index in [1.165, 1.54) is 11.1 Å². The van der Waals surface area contributed by atoms with Crippen molar-refractivity contribution in [2.45, 2.75) is 20.8 Å². The van der Waals surface area contributed by atoms with Crippen LogP contribution in [0.2, 0.25) is 5.02 Å². The maximum Gasteiger partial charge on any atom is 0.229 e. The van der Waals surface area contributed by atoms with Crippen LogP contribution in [0.5, 0.6) is 0 Å². The van der Waals surface area contributed by atoms with Crippen LogP contribution in [-0.4, -0.2) is 9.97 Å². The maximum absolute atomic E-state index is 5.91. The van der Waals surface area contributed by atoms with Crippen LogP contribution in [0.25, 0.3) is 0 Å². The number of halogens is 1. The molecule has 0 saturated heterocycles. The molecule has 0 aliphatic heterocycles. The second kappa shape index (κ2) is 6.89. The summed E-state index contributed by atoms with van der Waals surface area (Å²) in [6.07, 6.45) is 0. The molecule has 3 rings (SSSR count). The zero-order valence-electron chi connectivity index (χ0n) is 13.9. The molecule has 122 valence electrons. The standard InChI is InChI=1S/C19H19ClN4/c1-12-4-9-17(13(2)10-12)23-18-11-14(3)21-19(24-18)22-16-7-5-15(20)6-8-16/h4-11H,1-3H3,(H2,21,22,23,24). The molecule has 2 N–H and O–H groups in total. The van der Waals surface area contributed by atoms with E-state index in [1.807, 2.05) is 37.3 Å². The highest BCUT2D eigenvalue weighted by Crippen LogP contribution is 2.23. The summed E-state index contributed by atoms with van der Waals surface area (Å²) in [5, 5.41) is 7.26. The molecule has 0 fully saturated rings. The Bertz CT molecular complexity index is 860. The first kappa shape index (κ1) is 16.3. The summed E-state index contributed by atoms with van der Waals surface area (Å²) in [6.45, 7) is 6.11. The lowest BCUT2D eigenvalue weighted by Crippen LogP contribution is -2.03. The van der Waals surface area contributed by atoms with Gasteiger partial charge < -0.3 is 10.6 Å². The third-order valence-corrected chi connectivity index (χ3v) is 3.85. The molecule has 1 aromatic heterocycles. The Morgan fingerprint density at radius 3 is 2.29 bits per heavy atom. The van der Waals surface area contributed by atoms with Gasteiger partial charge in [0, 0.05) is 28.2 Å². The molecule has 3 aromatic rings. The van der Waals surface area contributed by atoms with Gasteiger partial charge in [-0.15, -0.1) is 0 Å². The molecule has 0 aliphatic carbocycles. The lowest BCUT2D eigenvalue weighted by atomic mass is 10.1. The molecule has 0 radical (unpaired) electrons. The maximum atomic E-state index is 5.91. The minimum Gasteiger partial charge on any atom is -0.340 e. The number of benzene rings is 2. The molecule has 0 saturated carbocycles. The van der Waals surface area contributed by atoms with E-state index in [4.69, 9.17) is 11.6 Å². The van der Waals surface area contributed by atoms with Crippen LogP contribution in [0.3, 0.4) is 0 Å². The van der Waals surface area contributed by atoms with E-state index in [0.29, 0.717) is 11.0 Å². The van der Waals surface area contributed by atoms with Gasteiger partial charge >= 0.3 is 0 Å². The molecule has 0 aliphatic rings. The van der Waals surface area contributed by atoms with Gasteiger partial charge in [-0.1, -0.05) is 29.3 Å². The molecule has 4 nitrogen and oxygen atoms in total. The Kier molecular flexibility index (Phi) is 4.67. The van der Waals surface area contributed by atoms with Crippen molar-refractivity contribution in [2.24, 2.45) is 0 Å². The Balaban J connectivity index is 1.84. The van der Waals surface area contributed by atoms with E-state index < -0.39 is 0 Å². The molecule has 0 unspecified atom stereocenters. The summed E-state index contributed by atoms with van der Waals surface area (Å²) >= 11 is 5.91. The highest BCUT2D eigenvalue weighted by Gasteiger charge is 2.05. The molecule has 0 bridgehead atoms. The number of anilines is 4. The van der Waals surface area contributed by atoms with Crippen molar-refractivity contribution in [1.29, 1.82) is 0 Å². The van der Waals surface area contributed by atoms with Gasteiger partial charge in [-0.25, -0.2) is 4.98 Å². The molecule has 0 atom stereocenters. The third kappa shape index (κ3) is 4.03. The number of aromatic nitrogens is 2. The normalized spacial score (nSPS) is 10.5. The number of rotatable bonds is 4. The molecule has 1 heterocycles. The van der Waals surface area contributed by atoms with E-state index in [-0.39, 0.29) is 0 Å². The van der Waals surface area contributed by atoms with Crippen molar-refractivity contribution >= 4 is 34.7 Å². The number of hydrogen-bond acceptors (Lipinski definition) is 4. The minimum absolute atomic E-state index is 0.546. The molecule has 0 amide bonds. The molecule has 2 aromatic carbocycles. The predicted octanol–water partition coefficient (Wildman–Crippen LogP) is 5.54. The highest BCUT2D eigenvalue weighted by molar-refractivity contribution is 6.30. The fourth-order valence-corrected chi connectivity index (χ4v) is 2.57. The second-order valence-corrected chi connectivity index (χ2v) is 6.23. The van der Waals surface area contributed by atoms with Gasteiger partial charge in [0.2, 0.25) is 5.95 Å². The zero-order valence-corrected chi connectivity index (χ0v) is 14.6. The molecule has 24 heavy (non-hydrogen) atoms. The minimum atomic E-state index is 0.546. The van der Waals surface area contributed by atoms with Crippen LogP contribution >= 0.6 is 11.6 Å². The number of aryl methyl sites for hydroxylation is 3. The van der Waals surface area contributed by atoms with Crippen molar-refractivity contribution < 1.29 is 0 Å². The van der Waals surface area contributed by atoms with Crippen LogP contribution in [0, 0.1) is 20.8 Å². The Morgan fingerprint density at radius 1 is 0.833 bits per heavy atom. The molecular formula is C19H19ClN4. The fourth-order valence-electron chi connectivity index (χ4n) is 2.44. The molecular weight excluding hydrogens is 320 g/mol. The average Bonchev–Trinajstić information content (AvgIpc) is 2.52. The molecule has 0 spiro atoms. The van der Waals surface area contributed by atoms with Crippen LogP contribution in [-0.2, 0) is 0 Å². The van der Waals surface area contributed by atoms with Gasteiger partial charge in [-0.05, 0) is 56.7 Å². The van der Waals surface area contributed by atoms with Gasteiger partial charge in [-0.2, -0.15) is 4.98 Å². The summed E-state index contributed by atoms with van der Waals surface area (Å²) in [5.74, 6) is 1.30. The van der Waals surface area contributed by atoms with Gasteiger partial charge in [-0.3, -0.25) is 0 Å². The first-order valence-corrected chi connectivity index (χ1v) is 8.10. The highest BCUT2D eigenvalue weighted by atomic mass is 35.5. The summed E-state index contributed by atoms with van der Waals surface area (Å²) in [7, 11) is 0. The second-order valence-electron chi connectivity index (χ2n) is 5.79. The van der Waals surface area contributed by atoms with E-state index in [0.717, 1.165) is 22.9 Å². The number of nitrogens with one attached hydrogen (secondary N) is 2. The first-order chi connectivity index (χ1) is 11.5. The summed E-state index contributed by atoms with van der Waals surface area (Å²) in [5.41, 5.74) is 5.23. The van der Waals surface area contributed by atoms with Crippen LogP contribution in [0.4, 0.5) is 23.1 Å². The van der Waals surface area contributed by atoms with Gasteiger partial charge in [0.05, 0.1) is 0 Å². The Morgan fingerprint density at radius 2 is 1.58 bits per heavy atom. The van der Waals surface area contributed by atoms with Crippen molar-refractivity contribution in [3.63, 3.8) is 0 Å². The number of hydrogen-bond donors (Lipinski definition) is 2. The van der Waals surface area contributed by atoms with E-state index in [9.17, 15) is 0 Å². The van der Waals surface area contributed by atoms with Gasteiger partial charge in [0.25, 0.3) is 0 Å². The zero-order chi connectivity index (χ0) is 17.1. The van der Waals surface area contributed by atoms with Crippen LogP contribution in [0.1, 0.15) is 16.8 Å². The Hall–Kier alpha value is -2.59. The topological polar surface area (TPSA) is 49.8 Å². The van der Waals surface area contributed by atoms with Crippen LogP contribution < -0.4 is 10.6 Å². The predicted molar refractivity (Wildman–Crippen MR) is 101 cm³/mol. The summed E-state index contributed by atoms with van der Waals surface area (Å²) in [6, 6.07) is 15.7. The fraction of sp³-hybridized carbons (Fsp3) is 0.158. The van der Waals surface area contributed by atoms with Crippen molar-refractivity contribution in [2.75, 3.05) is 10.6 Å². The van der Waals surface area contributed by atoms with Crippen molar-refractivity contribution in [3.05, 3.63) is 70.4 Å². The summed E-state index contributed by atoms with van der Waals surface area (Å²) in [4.78, 5) is 8.98. The first-order valence-electron chi connectivity index (χ1n) is 7.72. The van der Waals surface area contributed by atoms with E-state index >= 15 is 0 Å². The largest absolute Gasteiger partial charge is 0.340 e. The molecule has 5 heteroatoms. The monoisotopic (exact) mass is 338 g/mol. The SMILES string of the molecule is Cc1ccc(Nc2cc(C)nc(Nc3ccc(Cl)cc3)n2)c(C)c1. The van der Waals surface area contributed by atoms with E-state index in [1.54, 1.807) is 0 Å². The number of nitrogens with zero attached hydrogens (tertiary/aromatic N) is 2. The smallest absolute Gasteiger partial charge is 0.229 e. The lowest BCUT2D eigenvalue weighted by molar-refractivity contribution is 1.11.